The Balaban J connectivity index is 1.73. The lowest BCUT2D eigenvalue weighted by Crippen LogP contribution is -2.68. The Hall–Kier alpha value is -3.19. The van der Waals surface area contributed by atoms with Crippen LogP contribution in [0.1, 0.15) is 55.5 Å². The van der Waals surface area contributed by atoms with Crippen molar-refractivity contribution in [1.29, 1.82) is 0 Å². The fraction of sp³-hybridized carbons (Fsp3) is 0.444. The number of hydrogen-bond donors (Lipinski definition) is 1. The Morgan fingerprint density at radius 2 is 1.76 bits per heavy atom. The molecule has 34 heavy (non-hydrogen) atoms. The summed E-state index contributed by atoms with van der Waals surface area (Å²) in [5.74, 6) is -0.351. The van der Waals surface area contributed by atoms with E-state index in [0.717, 1.165) is 18.5 Å². The van der Waals surface area contributed by atoms with E-state index in [9.17, 15) is 14.4 Å². The van der Waals surface area contributed by atoms with Crippen LogP contribution in [0.5, 0.6) is 5.75 Å². The van der Waals surface area contributed by atoms with Gasteiger partial charge in [-0.15, -0.1) is 0 Å². The Bertz CT molecular complexity index is 1070. The molecule has 1 aliphatic carbocycles. The third-order valence-electron chi connectivity index (χ3n) is 7.17. The number of likely N-dealkylation sites (N-methyl/N-ethyl adjacent to an activating group) is 1. The molecule has 1 amide bonds. The van der Waals surface area contributed by atoms with Gasteiger partial charge in [-0.3, -0.25) is 14.4 Å². The highest BCUT2D eigenvalue weighted by molar-refractivity contribution is 5.94. The van der Waals surface area contributed by atoms with Gasteiger partial charge in [0.2, 0.25) is 0 Å². The fourth-order valence-electron chi connectivity index (χ4n) is 5.80. The number of benzene rings is 2. The molecule has 0 radical (unpaired) electrons. The molecule has 2 fully saturated rings. The van der Waals surface area contributed by atoms with Crippen LogP contribution in [0.15, 0.2) is 54.6 Å². The van der Waals surface area contributed by atoms with E-state index < -0.39 is 11.0 Å². The molecular formula is C27H32N2O5. The smallest absolute Gasteiger partial charge is 0.308 e. The van der Waals surface area contributed by atoms with Crippen molar-refractivity contribution in [2.45, 2.75) is 56.6 Å². The van der Waals surface area contributed by atoms with E-state index in [1.807, 2.05) is 43.4 Å². The molecule has 0 bridgehead atoms. The number of carbonyl (C=O) groups excluding carboxylic acids is 3. The molecule has 3 atom stereocenters. The molecule has 4 rings (SSSR count). The minimum atomic E-state index is -0.741. The monoisotopic (exact) mass is 464 g/mol. The predicted molar refractivity (Wildman–Crippen MR) is 128 cm³/mol. The maximum Gasteiger partial charge on any atom is 0.308 e. The van der Waals surface area contributed by atoms with Crippen molar-refractivity contribution in [3.8, 4) is 5.75 Å². The predicted octanol–water partition coefficient (Wildman–Crippen LogP) is 3.47. The first-order valence-electron chi connectivity index (χ1n) is 11.8. The molecule has 1 aliphatic heterocycles. The van der Waals surface area contributed by atoms with E-state index in [0.29, 0.717) is 37.1 Å². The molecule has 7 heteroatoms. The van der Waals surface area contributed by atoms with Crippen molar-refractivity contribution < 1.29 is 23.9 Å². The quantitative estimate of drug-likeness (QED) is 0.539. The minimum absolute atomic E-state index is 0.0859. The molecular weight excluding hydrogens is 432 g/mol. The average Bonchev–Trinajstić information content (AvgIpc) is 2.79. The van der Waals surface area contributed by atoms with Crippen LogP contribution in [0.3, 0.4) is 0 Å². The van der Waals surface area contributed by atoms with E-state index >= 15 is 0 Å². The molecule has 1 heterocycles. The minimum Gasteiger partial charge on any atom is -0.457 e. The number of piperidine rings is 1. The van der Waals surface area contributed by atoms with Crippen LogP contribution in [-0.2, 0) is 19.7 Å². The summed E-state index contributed by atoms with van der Waals surface area (Å²) in [5.41, 5.74) is 0.302. The molecule has 2 aromatic carbocycles. The second kappa shape index (κ2) is 9.58. The summed E-state index contributed by atoms with van der Waals surface area (Å²) in [5, 5.41) is 3.21. The van der Waals surface area contributed by atoms with Crippen LogP contribution in [-0.4, -0.2) is 54.5 Å². The number of nitrogens with one attached hydrogen (secondary N) is 1. The standard InChI is InChI=1S/C27H32N2O5/c1-19(30)33-24-11-7-10-22(16-24)26-14-15-29(3)18-27(26,34-20(2)31)13-12-23(17-26)28-25(32)21-8-5-4-6-9-21/h4-11,16,23H,12-15,17-18H2,1-3H3,(H,28,32)/t23-,26-,27-/m0/s1. The second-order valence-corrected chi connectivity index (χ2v) is 9.56. The summed E-state index contributed by atoms with van der Waals surface area (Å²) in [4.78, 5) is 39.0. The number of nitrogens with zero attached hydrogens (tertiary/aromatic N) is 1. The number of fused-ring (bicyclic) bond motifs is 1. The summed E-state index contributed by atoms with van der Waals surface area (Å²) in [6, 6.07) is 16.6. The Morgan fingerprint density at radius 3 is 2.47 bits per heavy atom. The van der Waals surface area contributed by atoms with Crippen LogP contribution in [0.4, 0.5) is 0 Å². The van der Waals surface area contributed by atoms with Crippen LogP contribution in [0, 0.1) is 0 Å². The highest BCUT2D eigenvalue weighted by atomic mass is 16.6. The van der Waals surface area contributed by atoms with Gasteiger partial charge in [-0.1, -0.05) is 30.3 Å². The summed E-state index contributed by atoms with van der Waals surface area (Å²) in [6.45, 7) is 4.25. The number of amides is 1. The first-order valence-corrected chi connectivity index (χ1v) is 11.8. The van der Waals surface area contributed by atoms with Gasteiger partial charge >= 0.3 is 11.9 Å². The molecule has 1 N–H and O–H groups in total. The number of rotatable bonds is 5. The second-order valence-electron chi connectivity index (χ2n) is 9.56. The van der Waals surface area contributed by atoms with Gasteiger partial charge in [-0.05, 0) is 69.1 Å². The first kappa shape index (κ1) is 24.0. The van der Waals surface area contributed by atoms with Gasteiger partial charge in [0.05, 0.1) is 0 Å². The molecule has 0 spiro atoms. The molecule has 7 nitrogen and oxygen atoms in total. The van der Waals surface area contributed by atoms with Gasteiger partial charge < -0.3 is 19.7 Å². The first-order chi connectivity index (χ1) is 16.2. The summed E-state index contributed by atoms with van der Waals surface area (Å²) in [6.07, 6.45) is 2.69. The van der Waals surface area contributed by atoms with Crippen molar-refractivity contribution in [2.24, 2.45) is 0 Å². The largest absolute Gasteiger partial charge is 0.457 e. The molecule has 0 aromatic heterocycles. The third-order valence-corrected chi connectivity index (χ3v) is 7.17. The lowest BCUT2D eigenvalue weighted by atomic mass is 9.55. The lowest BCUT2D eigenvalue weighted by molar-refractivity contribution is -0.185. The zero-order valence-electron chi connectivity index (χ0n) is 20.0. The fourth-order valence-corrected chi connectivity index (χ4v) is 5.80. The topological polar surface area (TPSA) is 84.9 Å². The third kappa shape index (κ3) is 4.71. The summed E-state index contributed by atoms with van der Waals surface area (Å²) < 4.78 is 11.5. The Kier molecular flexibility index (Phi) is 6.75. The average molecular weight is 465 g/mol. The van der Waals surface area contributed by atoms with Crippen molar-refractivity contribution >= 4 is 17.8 Å². The highest BCUT2D eigenvalue weighted by Gasteiger charge is 2.60. The van der Waals surface area contributed by atoms with Crippen LogP contribution < -0.4 is 10.1 Å². The van der Waals surface area contributed by atoms with Crippen LogP contribution in [0.2, 0.25) is 0 Å². The van der Waals surface area contributed by atoms with E-state index in [1.54, 1.807) is 18.2 Å². The van der Waals surface area contributed by atoms with Gasteiger partial charge in [0.15, 0.2) is 0 Å². The SMILES string of the molecule is CC(=O)Oc1cccc([C@@]23CCN(C)C[C@@]2(OC(C)=O)CC[C@H](NC(=O)c2ccccc2)C3)c1. The molecule has 2 aliphatic rings. The van der Waals surface area contributed by atoms with Crippen molar-refractivity contribution in [2.75, 3.05) is 20.1 Å². The zero-order valence-corrected chi connectivity index (χ0v) is 20.0. The number of carbonyl (C=O) groups is 3. The Morgan fingerprint density at radius 1 is 1.00 bits per heavy atom. The molecule has 0 unspecified atom stereocenters. The molecule has 180 valence electrons. The van der Waals surface area contributed by atoms with Crippen molar-refractivity contribution in [3.63, 3.8) is 0 Å². The maximum atomic E-state index is 12.9. The Labute approximate surface area is 200 Å². The lowest BCUT2D eigenvalue weighted by Gasteiger charge is -2.59. The van der Waals surface area contributed by atoms with E-state index in [2.05, 4.69) is 10.2 Å². The van der Waals surface area contributed by atoms with Gasteiger partial charge in [-0.2, -0.15) is 0 Å². The summed E-state index contributed by atoms with van der Waals surface area (Å²) in [7, 11) is 2.04. The van der Waals surface area contributed by atoms with Crippen LogP contribution >= 0.6 is 0 Å². The molecule has 2 aromatic rings. The van der Waals surface area contributed by atoms with E-state index in [4.69, 9.17) is 9.47 Å². The normalized spacial score (nSPS) is 26.7. The zero-order chi connectivity index (χ0) is 24.3. The number of ether oxygens (including phenoxy) is 2. The number of likely N-dealkylation sites (tertiary alicyclic amines) is 1. The van der Waals surface area contributed by atoms with Crippen LogP contribution in [0.25, 0.3) is 0 Å². The summed E-state index contributed by atoms with van der Waals surface area (Å²) >= 11 is 0. The number of hydrogen-bond acceptors (Lipinski definition) is 6. The van der Waals surface area contributed by atoms with Crippen molar-refractivity contribution in [3.05, 3.63) is 65.7 Å². The maximum absolute atomic E-state index is 12.9. The van der Waals surface area contributed by atoms with Crippen molar-refractivity contribution in [1.82, 2.24) is 10.2 Å². The molecule has 1 saturated heterocycles. The van der Waals surface area contributed by atoms with Gasteiger partial charge in [0, 0.05) is 37.4 Å². The van der Waals surface area contributed by atoms with E-state index in [-0.39, 0.29) is 23.9 Å². The van der Waals surface area contributed by atoms with E-state index in [1.165, 1.54) is 13.8 Å². The number of esters is 2. The van der Waals surface area contributed by atoms with Gasteiger partial charge in [0.1, 0.15) is 11.4 Å². The van der Waals surface area contributed by atoms with Gasteiger partial charge in [0.25, 0.3) is 5.91 Å². The van der Waals surface area contributed by atoms with Gasteiger partial charge in [-0.25, -0.2) is 0 Å². The highest BCUT2D eigenvalue weighted by Crippen LogP contribution is 2.54. The molecule has 1 saturated carbocycles.